The Morgan fingerprint density at radius 2 is 1.64 bits per heavy atom. The molecule has 0 radical (unpaired) electrons. The van der Waals surface area contributed by atoms with E-state index < -0.39 is 36.5 Å². The van der Waals surface area contributed by atoms with Crippen LogP contribution in [0.3, 0.4) is 0 Å². The van der Waals surface area contributed by atoms with Crippen LogP contribution in [0.15, 0.2) is 78.3 Å². The lowest BCUT2D eigenvalue weighted by Gasteiger charge is -2.30. The average Bonchev–Trinajstić information content (AvgIpc) is 3.81. The minimum Gasteiger partial charge on any atom is -0.444 e. The summed E-state index contributed by atoms with van der Waals surface area (Å²) in [6.45, 7) is 8.27. The number of thiazole rings is 1. The Hall–Kier alpha value is -4.37. The van der Waals surface area contributed by atoms with Gasteiger partial charge in [-0.15, -0.1) is 11.3 Å². The predicted octanol–water partition coefficient (Wildman–Crippen LogP) is 5.19. The Morgan fingerprint density at radius 1 is 0.940 bits per heavy atom. The molecule has 2 aromatic heterocycles. The van der Waals surface area contributed by atoms with Crippen molar-refractivity contribution in [3.63, 3.8) is 0 Å². The monoisotopic (exact) mass is 721 g/mol. The van der Waals surface area contributed by atoms with Crippen LogP contribution in [0.25, 0.3) is 0 Å². The zero-order chi connectivity index (χ0) is 36.0. The first-order chi connectivity index (χ1) is 24.0. The summed E-state index contributed by atoms with van der Waals surface area (Å²) in [5.41, 5.74) is 2.46. The topological polar surface area (TPSA) is 158 Å². The number of aliphatic hydroxyl groups is 1. The smallest absolute Gasteiger partial charge is 0.407 e. The Balaban J connectivity index is 1.42. The van der Waals surface area contributed by atoms with E-state index >= 15 is 0 Å². The zero-order valence-electron chi connectivity index (χ0n) is 29.0. The number of carbonyl (C=O) groups excluding carboxylic acids is 3. The number of aliphatic hydroxyl groups excluding tert-OH is 1. The quantitative estimate of drug-likeness (QED) is 0.0933. The first-order valence-corrected chi connectivity index (χ1v) is 18.2. The molecule has 0 saturated heterocycles. The highest BCUT2D eigenvalue weighted by Crippen LogP contribution is 2.20. The number of ether oxygens (including phenoxy) is 1. The number of urea groups is 1. The molecular formula is C36H47N7O5S2. The Labute approximate surface area is 301 Å². The van der Waals surface area contributed by atoms with Crippen molar-refractivity contribution in [2.75, 3.05) is 13.6 Å². The molecule has 2 aromatic carbocycles. The largest absolute Gasteiger partial charge is 0.444 e. The van der Waals surface area contributed by atoms with E-state index in [4.69, 9.17) is 4.74 Å². The molecule has 4 amide bonds. The summed E-state index contributed by atoms with van der Waals surface area (Å²) in [6, 6.07) is 18.6. The number of alkyl carbamates (subject to hydrolysis) is 1. The van der Waals surface area contributed by atoms with Crippen LogP contribution in [-0.4, -0.2) is 69.2 Å². The minimum absolute atomic E-state index is 0.0138. The van der Waals surface area contributed by atoms with Gasteiger partial charge in [0, 0.05) is 31.1 Å². The lowest BCUT2D eigenvalue weighted by molar-refractivity contribution is -0.125. The lowest BCUT2D eigenvalue weighted by atomic mass is 10.0. The maximum Gasteiger partial charge on any atom is 0.407 e. The molecule has 268 valence electrons. The second-order valence-corrected chi connectivity index (χ2v) is 14.5. The van der Waals surface area contributed by atoms with Gasteiger partial charge in [-0.05, 0) is 41.1 Å². The molecule has 0 aliphatic rings. The molecule has 2 heterocycles. The van der Waals surface area contributed by atoms with Gasteiger partial charge < -0.3 is 30.7 Å². The second-order valence-electron chi connectivity index (χ2n) is 12.7. The molecule has 5 N–H and O–H groups in total. The lowest BCUT2D eigenvalue weighted by Crippen LogP contribution is -2.55. The Bertz CT molecular complexity index is 1620. The van der Waals surface area contributed by atoms with E-state index in [0.29, 0.717) is 18.9 Å². The van der Waals surface area contributed by atoms with Gasteiger partial charge in [0.1, 0.15) is 18.8 Å². The second kappa shape index (κ2) is 19.1. The molecule has 50 heavy (non-hydrogen) atoms. The fourth-order valence-electron chi connectivity index (χ4n) is 5.06. The molecule has 14 heteroatoms. The summed E-state index contributed by atoms with van der Waals surface area (Å²) in [4.78, 5) is 46.7. The number of carbonyl (C=O) groups is 3. The van der Waals surface area contributed by atoms with Gasteiger partial charge in [0.05, 0.1) is 34.3 Å². The van der Waals surface area contributed by atoms with Crippen molar-refractivity contribution in [3.8, 4) is 0 Å². The van der Waals surface area contributed by atoms with Crippen LogP contribution < -0.4 is 21.3 Å². The van der Waals surface area contributed by atoms with E-state index in [9.17, 15) is 19.5 Å². The third kappa shape index (κ3) is 11.9. The van der Waals surface area contributed by atoms with Gasteiger partial charge in [0.25, 0.3) is 0 Å². The summed E-state index contributed by atoms with van der Waals surface area (Å²) in [5, 5.41) is 26.3. The first-order valence-electron chi connectivity index (χ1n) is 16.6. The van der Waals surface area contributed by atoms with Crippen molar-refractivity contribution < 1.29 is 24.2 Å². The molecule has 4 aromatic rings. The van der Waals surface area contributed by atoms with E-state index in [-0.39, 0.29) is 25.0 Å². The molecule has 0 aliphatic carbocycles. The predicted molar refractivity (Wildman–Crippen MR) is 196 cm³/mol. The summed E-state index contributed by atoms with van der Waals surface area (Å²) in [6.07, 6.45) is -0.462. The fourth-order valence-corrected chi connectivity index (χ4v) is 6.38. The SMILES string of the molecule is CC(C)c1nc(CN(C)C(=O)NC(C(=O)NC(NCC(O)[C@H](Cc2ccccc2)NC(=O)OCc2ccns2)c2ccccc2)C(C)C)cs1. The maximum absolute atomic E-state index is 13.8. The van der Waals surface area contributed by atoms with Crippen molar-refractivity contribution in [1.29, 1.82) is 0 Å². The summed E-state index contributed by atoms with van der Waals surface area (Å²) >= 11 is 2.81. The normalized spacial score (nSPS) is 13.7. The van der Waals surface area contributed by atoms with Crippen LogP contribution in [-0.2, 0) is 29.1 Å². The van der Waals surface area contributed by atoms with Crippen molar-refractivity contribution in [2.45, 2.75) is 77.5 Å². The molecular weight excluding hydrogens is 675 g/mol. The summed E-state index contributed by atoms with van der Waals surface area (Å²) in [7, 11) is 1.67. The van der Waals surface area contributed by atoms with Crippen LogP contribution in [0.4, 0.5) is 9.59 Å². The third-order valence-electron chi connectivity index (χ3n) is 7.89. The number of benzene rings is 2. The number of rotatable bonds is 17. The molecule has 0 aliphatic heterocycles. The van der Waals surface area contributed by atoms with Gasteiger partial charge in [-0.2, -0.15) is 0 Å². The number of hydrogen-bond donors (Lipinski definition) is 5. The molecule has 3 unspecified atom stereocenters. The third-order valence-corrected chi connectivity index (χ3v) is 9.80. The molecule has 0 bridgehead atoms. The van der Waals surface area contributed by atoms with E-state index in [1.54, 1.807) is 30.6 Å². The van der Waals surface area contributed by atoms with Crippen LogP contribution in [0.5, 0.6) is 0 Å². The number of nitrogens with zero attached hydrogens (tertiary/aromatic N) is 3. The van der Waals surface area contributed by atoms with Gasteiger partial charge >= 0.3 is 12.1 Å². The highest BCUT2D eigenvalue weighted by atomic mass is 32.1. The van der Waals surface area contributed by atoms with Gasteiger partial charge in [0.2, 0.25) is 5.91 Å². The van der Waals surface area contributed by atoms with E-state index in [0.717, 1.165) is 26.7 Å². The first kappa shape index (κ1) is 38.4. The van der Waals surface area contributed by atoms with E-state index in [1.165, 1.54) is 16.4 Å². The number of amides is 4. The molecule has 0 spiro atoms. The molecule has 4 rings (SSSR count). The molecule has 4 atom stereocenters. The highest BCUT2D eigenvalue weighted by Gasteiger charge is 2.29. The van der Waals surface area contributed by atoms with Crippen LogP contribution in [0, 0.1) is 5.92 Å². The van der Waals surface area contributed by atoms with Gasteiger partial charge in [-0.1, -0.05) is 88.4 Å². The van der Waals surface area contributed by atoms with Crippen molar-refractivity contribution in [3.05, 3.63) is 105 Å². The molecule has 0 fully saturated rings. The molecule has 0 saturated carbocycles. The number of hydrogen-bond acceptors (Lipinski definition) is 10. The fraction of sp³-hybridized carbons (Fsp3) is 0.417. The van der Waals surface area contributed by atoms with Gasteiger partial charge in [0.15, 0.2) is 0 Å². The standard InChI is InChI=1S/C36H47N7O5S2/c1-23(2)31(41-35(46)43(5)20-27-22-49-34(39-27)24(3)4)33(45)42-32(26-14-10-7-11-15-26)37-19-30(44)29(18-25-12-8-6-9-13-25)40-36(47)48-21-28-16-17-38-50-28/h6-17,22-24,29-32,37,44H,18-21H2,1-5H3,(H,40,47)(H,41,46)(H,42,45)/t29-,30?,31?,32?/m0/s1. The van der Waals surface area contributed by atoms with Gasteiger partial charge in [-0.25, -0.2) is 18.9 Å². The van der Waals surface area contributed by atoms with Crippen LogP contribution in [0.1, 0.15) is 66.5 Å². The number of nitrogens with one attached hydrogen (secondary N) is 4. The zero-order valence-corrected chi connectivity index (χ0v) is 30.7. The minimum atomic E-state index is -1.06. The van der Waals surface area contributed by atoms with Crippen LogP contribution in [0.2, 0.25) is 0 Å². The van der Waals surface area contributed by atoms with E-state index in [2.05, 4.69) is 44.5 Å². The Morgan fingerprint density at radius 3 is 2.26 bits per heavy atom. The maximum atomic E-state index is 13.8. The van der Waals surface area contributed by atoms with Crippen LogP contribution >= 0.6 is 22.9 Å². The van der Waals surface area contributed by atoms with Crippen molar-refractivity contribution >= 4 is 40.9 Å². The molecule has 12 nitrogen and oxygen atoms in total. The highest BCUT2D eigenvalue weighted by molar-refractivity contribution is 7.09. The van der Waals surface area contributed by atoms with E-state index in [1.807, 2.05) is 79.9 Å². The van der Waals surface area contributed by atoms with Gasteiger partial charge in [-0.3, -0.25) is 10.1 Å². The Kier molecular flexibility index (Phi) is 14.7. The summed E-state index contributed by atoms with van der Waals surface area (Å²) < 4.78 is 9.41. The summed E-state index contributed by atoms with van der Waals surface area (Å²) in [5.74, 6) is -0.313. The average molecular weight is 722 g/mol. The van der Waals surface area contributed by atoms with Crippen molar-refractivity contribution in [1.82, 2.24) is 35.5 Å². The van der Waals surface area contributed by atoms with Crippen molar-refractivity contribution in [2.24, 2.45) is 5.92 Å². The number of aromatic nitrogens is 2.